The minimum absolute atomic E-state index is 0.0770. The molecule has 9 heteroatoms. The second kappa shape index (κ2) is 10.4. The third kappa shape index (κ3) is 5.58. The molecule has 0 aliphatic heterocycles. The van der Waals surface area contributed by atoms with Crippen LogP contribution in [0.25, 0.3) is 0 Å². The number of rotatable bonds is 6. The summed E-state index contributed by atoms with van der Waals surface area (Å²) in [5, 5.41) is 29.5. The third-order valence-electron chi connectivity index (χ3n) is 9.12. The van der Waals surface area contributed by atoms with Crippen LogP contribution in [0.3, 0.4) is 0 Å². The van der Waals surface area contributed by atoms with Crippen LogP contribution in [0.2, 0.25) is 0 Å². The molecular formula is C27H38F6O3. The number of hydrogen-bond donors (Lipinski definition) is 3. The summed E-state index contributed by atoms with van der Waals surface area (Å²) in [5.74, 6) is 0.355. The van der Waals surface area contributed by atoms with Crippen LogP contribution < -0.4 is 0 Å². The monoisotopic (exact) mass is 524 g/mol. The van der Waals surface area contributed by atoms with Crippen LogP contribution in [-0.4, -0.2) is 45.5 Å². The van der Waals surface area contributed by atoms with Gasteiger partial charge in [0.05, 0.1) is 12.2 Å². The Balaban J connectivity index is 1.69. The van der Waals surface area contributed by atoms with E-state index in [0.29, 0.717) is 12.0 Å². The van der Waals surface area contributed by atoms with Crippen molar-refractivity contribution in [2.75, 3.05) is 0 Å². The highest BCUT2D eigenvalue weighted by molar-refractivity contribution is 5.38. The van der Waals surface area contributed by atoms with Crippen molar-refractivity contribution < 1.29 is 41.7 Å². The smallest absolute Gasteiger partial charge is 0.393 e. The van der Waals surface area contributed by atoms with Crippen molar-refractivity contribution in [1.29, 1.82) is 0 Å². The predicted octanol–water partition coefficient (Wildman–Crippen LogP) is 6.79. The van der Waals surface area contributed by atoms with Crippen molar-refractivity contribution >= 4 is 0 Å². The first-order valence-electron chi connectivity index (χ1n) is 12.8. The standard InChI is InChI=1S/C27H38F6O3/c1-16(6-4-13-25(36,26(28,29)30)27(31,32)33)21-10-11-22-18(7-5-12-24(21,22)3)8-9-19-14-20(34)15-23(35)17(19)2/h8-9,16,20-23,34-36H,2,4-7,10-15H2,1,3H3/b18-8+,19-9+/t16-,20+,21+,22+,23+,24-/m1/s1. The van der Waals surface area contributed by atoms with Gasteiger partial charge in [-0.3, -0.25) is 0 Å². The van der Waals surface area contributed by atoms with Gasteiger partial charge in [-0.2, -0.15) is 26.3 Å². The third-order valence-corrected chi connectivity index (χ3v) is 9.12. The molecule has 0 bridgehead atoms. The van der Waals surface area contributed by atoms with Gasteiger partial charge in [-0.25, -0.2) is 0 Å². The lowest BCUT2D eigenvalue weighted by Gasteiger charge is -2.44. The van der Waals surface area contributed by atoms with Crippen molar-refractivity contribution in [3.8, 4) is 0 Å². The highest BCUT2D eigenvalue weighted by atomic mass is 19.4. The van der Waals surface area contributed by atoms with Gasteiger partial charge in [0.2, 0.25) is 0 Å². The van der Waals surface area contributed by atoms with E-state index in [1.54, 1.807) is 0 Å². The number of alkyl halides is 6. The number of fused-ring (bicyclic) bond motifs is 1. The lowest BCUT2D eigenvalue weighted by molar-refractivity contribution is -0.370. The first-order chi connectivity index (χ1) is 16.5. The van der Waals surface area contributed by atoms with Gasteiger partial charge in [0.1, 0.15) is 0 Å². The van der Waals surface area contributed by atoms with Crippen molar-refractivity contribution in [3.63, 3.8) is 0 Å². The number of aliphatic hydroxyl groups excluding tert-OH is 2. The second-order valence-corrected chi connectivity index (χ2v) is 11.4. The molecule has 3 rings (SSSR count). The van der Waals surface area contributed by atoms with E-state index in [0.717, 1.165) is 37.7 Å². The zero-order chi connectivity index (χ0) is 27.1. The Morgan fingerprint density at radius 1 is 1.08 bits per heavy atom. The van der Waals surface area contributed by atoms with E-state index in [2.05, 4.69) is 19.6 Å². The van der Waals surface area contributed by atoms with Gasteiger partial charge in [-0.05, 0) is 85.7 Å². The summed E-state index contributed by atoms with van der Waals surface area (Å²) in [6.07, 6.45) is -5.24. The van der Waals surface area contributed by atoms with Crippen molar-refractivity contribution in [3.05, 3.63) is 35.5 Å². The van der Waals surface area contributed by atoms with Crippen molar-refractivity contribution in [2.45, 2.75) is 108 Å². The molecule has 0 aromatic rings. The quantitative estimate of drug-likeness (QED) is 0.336. The zero-order valence-electron chi connectivity index (χ0n) is 20.9. The van der Waals surface area contributed by atoms with Gasteiger partial charge < -0.3 is 15.3 Å². The minimum Gasteiger partial charge on any atom is -0.393 e. The summed E-state index contributed by atoms with van der Waals surface area (Å²) in [7, 11) is 0. The predicted molar refractivity (Wildman–Crippen MR) is 125 cm³/mol. The van der Waals surface area contributed by atoms with Crippen LogP contribution in [0, 0.1) is 23.2 Å². The fraction of sp³-hybridized carbons (Fsp3) is 0.778. The number of hydrogen-bond acceptors (Lipinski definition) is 3. The van der Waals surface area contributed by atoms with Gasteiger partial charge in [-0.15, -0.1) is 0 Å². The first kappa shape index (κ1) is 29.2. The molecule has 3 aliphatic rings. The van der Waals surface area contributed by atoms with Crippen LogP contribution in [0.1, 0.15) is 78.1 Å². The first-order valence-corrected chi connectivity index (χ1v) is 12.8. The molecular weight excluding hydrogens is 486 g/mol. The van der Waals surface area contributed by atoms with E-state index in [4.69, 9.17) is 0 Å². The Morgan fingerprint density at radius 2 is 1.72 bits per heavy atom. The Morgan fingerprint density at radius 3 is 2.33 bits per heavy atom. The largest absolute Gasteiger partial charge is 0.426 e. The summed E-state index contributed by atoms with van der Waals surface area (Å²) >= 11 is 0. The van der Waals surface area contributed by atoms with Gasteiger partial charge in [0.15, 0.2) is 0 Å². The molecule has 0 saturated heterocycles. The number of aliphatic hydroxyl groups is 3. The lowest BCUT2D eigenvalue weighted by Crippen LogP contribution is -2.56. The molecule has 3 fully saturated rings. The van der Waals surface area contributed by atoms with E-state index >= 15 is 0 Å². The minimum atomic E-state index is -5.77. The molecule has 3 aliphatic carbocycles. The average molecular weight is 525 g/mol. The van der Waals surface area contributed by atoms with Crippen LogP contribution in [-0.2, 0) is 0 Å². The zero-order valence-corrected chi connectivity index (χ0v) is 20.9. The molecule has 0 heterocycles. The highest BCUT2D eigenvalue weighted by Gasteiger charge is 2.69. The van der Waals surface area contributed by atoms with Crippen molar-refractivity contribution in [1.82, 2.24) is 0 Å². The molecule has 0 aromatic carbocycles. The van der Waals surface area contributed by atoms with E-state index in [9.17, 15) is 41.7 Å². The van der Waals surface area contributed by atoms with Crippen LogP contribution in [0.5, 0.6) is 0 Å². The average Bonchev–Trinajstić information content (AvgIpc) is 3.11. The number of halogens is 6. The Bertz CT molecular complexity index is 860. The maximum atomic E-state index is 13.0. The topological polar surface area (TPSA) is 60.7 Å². The van der Waals surface area contributed by atoms with E-state index < -0.39 is 36.6 Å². The normalized spacial score (nSPS) is 35.4. The van der Waals surface area contributed by atoms with Crippen molar-refractivity contribution in [2.24, 2.45) is 23.2 Å². The Labute approximate surface area is 209 Å². The second-order valence-electron chi connectivity index (χ2n) is 11.4. The molecule has 206 valence electrons. The fourth-order valence-corrected chi connectivity index (χ4v) is 7.00. The number of allylic oxidation sites excluding steroid dienone is 3. The summed E-state index contributed by atoms with van der Waals surface area (Å²) < 4.78 is 78.1. The SMILES string of the molecule is C=C1/C(=C/C=C2\CCC[C@@]3(C)[C@H]2CC[C@H]3[C@H](C)CCCC(O)(C(F)(F)F)C(F)(F)F)C[C@H](O)C[C@@H]1O. The van der Waals surface area contributed by atoms with E-state index in [1.165, 1.54) is 5.57 Å². The van der Waals surface area contributed by atoms with Gasteiger partial charge in [-0.1, -0.05) is 44.6 Å². The molecule has 0 radical (unpaired) electrons. The van der Waals surface area contributed by atoms with E-state index in [-0.39, 0.29) is 42.4 Å². The molecule has 0 amide bonds. The molecule has 6 atom stereocenters. The molecule has 36 heavy (non-hydrogen) atoms. The summed E-state index contributed by atoms with van der Waals surface area (Å²) in [6.45, 7) is 8.03. The fourth-order valence-electron chi connectivity index (χ4n) is 7.00. The Kier molecular flexibility index (Phi) is 8.48. The molecule has 0 spiro atoms. The van der Waals surface area contributed by atoms with Gasteiger partial charge in [0, 0.05) is 6.42 Å². The molecule has 3 nitrogen and oxygen atoms in total. The molecule has 0 unspecified atom stereocenters. The lowest BCUT2D eigenvalue weighted by atomic mass is 9.60. The summed E-state index contributed by atoms with van der Waals surface area (Å²) in [5.41, 5.74) is -2.08. The van der Waals surface area contributed by atoms with Crippen LogP contribution >= 0.6 is 0 Å². The van der Waals surface area contributed by atoms with Gasteiger partial charge >= 0.3 is 12.4 Å². The maximum Gasteiger partial charge on any atom is 0.426 e. The van der Waals surface area contributed by atoms with E-state index in [1.807, 2.05) is 13.0 Å². The molecule has 3 saturated carbocycles. The molecule has 3 N–H and O–H groups in total. The molecule has 0 aromatic heterocycles. The maximum absolute atomic E-state index is 13.0. The summed E-state index contributed by atoms with van der Waals surface area (Å²) in [6, 6.07) is 0. The highest BCUT2D eigenvalue weighted by Crippen LogP contribution is 2.60. The van der Waals surface area contributed by atoms with Crippen LogP contribution in [0.4, 0.5) is 26.3 Å². The van der Waals surface area contributed by atoms with Crippen LogP contribution in [0.15, 0.2) is 35.5 Å². The van der Waals surface area contributed by atoms with Gasteiger partial charge in [0.25, 0.3) is 5.60 Å². The summed E-state index contributed by atoms with van der Waals surface area (Å²) in [4.78, 5) is 0. The Hall–Kier alpha value is -1.32.